The Morgan fingerprint density at radius 3 is 2.80 bits per heavy atom. The number of hydrogen-bond donors (Lipinski definition) is 0. The molecule has 1 aromatic carbocycles. The van der Waals surface area contributed by atoms with Gasteiger partial charge in [0, 0.05) is 12.6 Å². The van der Waals surface area contributed by atoms with E-state index in [2.05, 4.69) is 36.2 Å². The van der Waals surface area contributed by atoms with Crippen LogP contribution in [0.2, 0.25) is 0 Å². The summed E-state index contributed by atoms with van der Waals surface area (Å²) in [5.74, 6) is 1.38. The van der Waals surface area contributed by atoms with E-state index in [-0.39, 0.29) is 18.0 Å². The zero-order valence-electron chi connectivity index (χ0n) is 14.9. The van der Waals surface area contributed by atoms with Gasteiger partial charge >= 0.3 is 0 Å². The summed E-state index contributed by atoms with van der Waals surface area (Å²) in [7, 11) is 1.66. The third kappa shape index (κ3) is 3.98. The van der Waals surface area contributed by atoms with Gasteiger partial charge in [0.25, 0.3) is 0 Å². The Bertz CT molecular complexity index is 714. The summed E-state index contributed by atoms with van der Waals surface area (Å²) in [5, 5.41) is 8.87. The molecule has 0 bridgehead atoms. The molecule has 1 aliphatic rings. The molecule has 1 atom stereocenters. The molecule has 7 heteroatoms. The highest BCUT2D eigenvalue weighted by atomic mass is 32.2. The Morgan fingerprint density at radius 2 is 2.12 bits per heavy atom. The van der Waals surface area contributed by atoms with Crippen molar-refractivity contribution >= 4 is 17.7 Å². The van der Waals surface area contributed by atoms with Crippen molar-refractivity contribution in [3.05, 3.63) is 36.2 Å². The first-order valence-electron chi connectivity index (χ1n) is 8.56. The molecule has 1 aromatic heterocycles. The van der Waals surface area contributed by atoms with Crippen LogP contribution >= 0.6 is 11.8 Å². The Labute approximate surface area is 152 Å². The number of methoxy groups -OCH3 is 1. The Kier molecular flexibility index (Phi) is 5.63. The lowest BCUT2D eigenvalue weighted by atomic mass is 10.0. The zero-order valence-corrected chi connectivity index (χ0v) is 15.7. The van der Waals surface area contributed by atoms with Crippen molar-refractivity contribution in [2.45, 2.75) is 43.9 Å². The van der Waals surface area contributed by atoms with Gasteiger partial charge in [-0.1, -0.05) is 23.9 Å². The van der Waals surface area contributed by atoms with E-state index in [1.807, 2.05) is 21.6 Å². The number of carbonyl (C=O) groups is 1. The second-order valence-corrected chi connectivity index (χ2v) is 7.36. The summed E-state index contributed by atoms with van der Waals surface area (Å²) in [5.41, 5.74) is 1.17. The SMILES string of the molecule is COc1ccc([C@@H]2CCCN2C(=O)CSc2nncn2C(C)C)cc1. The zero-order chi connectivity index (χ0) is 17.8. The van der Waals surface area contributed by atoms with Crippen molar-refractivity contribution in [1.29, 1.82) is 0 Å². The predicted octanol–water partition coefficient (Wildman–Crippen LogP) is 3.32. The van der Waals surface area contributed by atoms with Crippen molar-refractivity contribution < 1.29 is 9.53 Å². The molecule has 134 valence electrons. The van der Waals surface area contributed by atoms with Crippen molar-refractivity contribution in [3.8, 4) is 5.75 Å². The van der Waals surface area contributed by atoms with Crippen LogP contribution in [0.15, 0.2) is 35.7 Å². The van der Waals surface area contributed by atoms with Gasteiger partial charge in [0.05, 0.1) is 18.9 Å². The lowest BCUT2D eigenvalue weighted by Crippen LogP contribution is -2.32. The number of benzene rings is 1. The lowest BCUT2D eigenvalue weighted by Gasteiger charge is -2.25. The van der Waals surface area contributed by atoms with Crippen LogP contribution < -0.4 is 4.74 Å². The molecule has 0 N–H and O–H groups in total. The highest BCUT2D eigenvalue weighted by Crippen LogP contribution is 2.33. The molecular weight excluding hydrogens is 336 g/mol. The van der Waals surface area contributed by atoms with Crippen LogP contribution in [0.4, 0.5) is 0 Å². The predicted molar refractivity (Wildman–Crippen MR) is 97.8 cm³/mol. The number of ether oxygens (including phenoxy) is 1. The number of hydrogen-bond acceptors (Lipinski definition) is 5. The first-order chi connectivity index (χ1) is 12.1. The van der Waals surface area contributed by atoms with E-state index in [1.54, 1.807) is 13.4 Å². The number of amides is 1. The molecule has 1 aliphatic heterocycles. The lowest BCUT2D eigenvalue weighted by molar-refractivity contribution is -0.129. The highest BCUT2D eigenvalue weighted by molar-refractivity contribution is 7.99. The maximum absolute atomic E-state index is 12.8. The fraction of sp³-hybridized carbons (Fsp3) is 0.500. The summed E-state index contributed by atoms with van der Waals surface area (Å²) < 4.78 is 7.21. The van der Waals surface area contributed by atoms with E-state index in [4.69, 9.17) is 4.74 Å². The molecule has 2 heterocycles. The average molecular weight is 360 g/mol. The van der Waals surface area contributed by atoms with Gasteiger partial charge in [-0.25, -0.2) is 0 Å². The Balaban J connectivity index is 1.65. The third-order valence-electron chi connectivity index (χ3n) is 4.50. The maximum atomic E-state index is 12.8. The molecule has 0 spiro atoms. The number of likely N-dealkylation sites (tertiary alicyclic amines) is 1. The second kappa shape index (κ2) is 7.91. The molecule has 3 rings (SSSR count). The van der Waals surface area contributed by atoms with Gasteiger partial charge < -0.3 is 14.2 Å². The molecule has 25 heavy (non-hydrogen) atoms. The average Bonchev–Trinajstić information content (AvgIpc) is 3.29. The largest absolute Gasteiger partial charge is 0.497 e. The molecule has 1 saturated heterocycles. The molecule has 1 amide bonds. The minimum absolute atomic E-state index is 0.154. The third-order valence-corrected chi connectivity index (χ3v) is 5.44. The second-order valence-electron chi connectivity index (χ2n) is 6.42. The fourth-order valence-electron chi connectivity index (χ4n) is 3.14. The van der Waals surface area contributed by atoms with Gasteiger partial charge in [-0.05, 0) is 44.4 Å². The normalized spacial score (nSPS) is 17.3. The van der Waals surface area contributed by atoms with E-state index in [0.717, 1.165) is 30.3 Å². The molecule has 0 unspecified atom stereocenters. The standard InChI is InChI=1S/C18H24N4O2S/c1-13(2)22-12-19-20-18(22)25-11-17(23)21-10-4-5-16(21)14-6-8-15(24-3)9-7-14/h6-9,12-13,16H,4-5,10-11H2,1-3H3/t16-/m0/s1. The molecule has 1 fully saturated rings. The summed E-state index contributed by atoms with van der Waals surface area (Å²) in [6.45, 7) is 4.97. The topological polar surface area (TPSA) is 60.2 Å². The smallest absolute Gasteiger partial charge is 0.233 e. The van der Waals surface area contributed by atoms with Crippen LogP contribution in [0.3, 0.4) is 0 Å². The van der Waals surface area contributed by atoms with Crippen molar-refractivity contribution in [1.82, 2.24) is 19.7 Å². The minimum atomic E-state index is 0.154. The van der Waals surface area contributed by atoms with E-state index < -0.39 is 0 Å². The van der Waals surface area contributed by atoms with Crippen LogP contribution in [0, 0.1) is 0 Å². The van der Waals surface area contributed by atoms with E-state index in [0.29, 0.717) is 5.75 Å². The Morgan fingerprint density at radius 1 is 1.36 bits per heavy atom. The fourth-order valence-corrected chi connectivity index (χ4v) is 4.07. The Hall–Kier alpha value is -2.02. The van der Waals surface area contributed by atoms with Crippen LogP contribution in [-0.2, 0) is 4.79 Å². The van der Waals surface area contributed by atoms with Crippen molar-refractivity contribution in [2.75, 3.05) is 19.4 Å². The number of carbonyl (C=O) groups excluding carboxylic acids is 1. The molecule has 0 saturated carbocycles. The van der Waals surface area contributed by atoms with Gasteiger partial charge in [-0.2, -0.15) is 0 Å². The highest BCUT2D eigenvalue weighted by Gasteiger charge is 2.30. The molecule has 0 radical (unpaired) electrons. The summed E-state index contributed by atoms with van der Waals surface area (Å²) in [6, 6.07) is 8.45. The molecule has 2 aromatic rings. The van der Waals surface area contributed by atoms with Crippen LogP contribution in [0.1, 0.15) is 44.3 Å². The number of rotatable bonds is 6. The van der Waals surface area contributed by atoms with Crippen LogP contribution in [0.5, 0.6) is 5.75 Å². The minimum Gasteiger partial charge on any atom is -0.497 e. The van der Waals surface area contributed by atoms with Gasteiger partial charge in [0.2, 0.25) is 5.91 Å². The summed E-state index contributed by atoms with van der Waals surface area (Å²) in [4.78, 5) is 14.7. The van der Waals surface area contributed by atoms with Crippen molar-refractivity contribution in [3.63, 3.8) is 0 Å². The quantitative estimate of drug-likeness (QED) is 0.740. The first-order valence-corrected chi connectivity index (χ1v) is 9.54. The number of thioether (sulfide) groups is 1. The van der Waals surface area contributed by atoms with E-state index in [9.17, 15) is 4.79 Å². The van der Waals surface area contributed by atoms with Crippen LogP contribution in [-0.4, -0.2) is 45.0 Å². The maximum Gasteiger partial charge on any atom is 0.233 e. The van der Waals surface area contributed by atoms with Gasteiger partial charge in [-0.15, -0.1) is 10.2 Å². The van der Waals surface area contributed by atoms with Crippen molar-refractivity contribution in [2.24, 2.45) is 0 Å². The number of nitrogens with zero attached hydrogens (tertiary/aromatic N) is 4. The molecule has 0 aliphatic carbocycles. The molecule has 6 nitrogen and oxygen atoms in total. The van der Waals surface area contributed by atoms with E-state index >= 15 is 0 Å². The first kappa shape index (κ1) is 17.8. The van der Waals surface area contributed by atoms with Gasteiger partial charge in [-0.3, -0.25) is 4.79 Å². The van der Waals surface area contributed by atoms with E-state index in [1.165, 1.54) is 17.3 Å². The monoisotopic (exact) mass is 360 g/mol. The van der Waals surface area contributed by atoms with Crippen LogP contribution in [0.25, 0.3) is 0 Å². The van der Waals surface area contributed by atoms with Gasteiger partial charge in [0.1, 0.15) is 12.1 Å². The summed E-state index contributed by atoms with van der Waals surface area (Å²) in [6.07, 6.45) is 3.76. The molecular formula is C18H24N4O2S. The number of aromatic nitrogens is 3. The summed E-state index contributed by atoms with van der Waals surface area (Å²) >= 11 is 1.46. The van der Waals surface area contributed by atoms with Gasteiger partial charge in [0.15, 0.2) is 5.16 Å².